The van der Waals surface area contributed by atoms with Gasteiger partial charge in [-0.3, -0.25) is 14.4 Å². The lowest BCUT2D eigenvalue weighted by Crippen LogP contribution is -2.45. The maximum absolute atomic E-state index is 12.5. The Kier molecular flexibility index (Phi) is 6.39. The summed E-state index contributed by atoms with van der Waals surface area (Å²) >= 11 is 0. The molecule has 3 rings (SSSR count). The van der Waals surface area contributed by atoms with Crippen molar-refractivity contribution in [2.75, 3.05) is 36.9 Å². The van der Waals surface area contributed by atoms with Crippen LogP contribution in [0.5, 0.6) is 0 Å². The summed E-state index contributed by atoms with van der Waals surface area (Å²) in [5.74, 6) is -1.51. The molecule has 146 valence electrons. The fourth-order valence-corrected chi connectivity index (χ4v) is 2.94. The number of ether oxygens (including phenoxy) is 1. The van der Waals surface area contributed by atoms with Crippen molar-refractivity contribution in [3.05, 3.63) is 59.7 Å². The lowest BCUT2D eigenvalue weighted by molar-refractivity contribution is -0.145. The van der Waals surface area contributed by atoms with Crippen LogP contribution >= 0.6 is 0 Å². The molecular formula is C21H23N3O4. The van der Waals surface area contributed by atoms with E-state index in [4.69, 9.17) is 4.74 Å². The number of benzene rings is 2. The molecule has 0 bridgehead atoms. The fourth-order valence-electron chi connectivity index (χ4n) is 2.94. The number of morpholine rings is 1. The molecule has 0 radical (unpaired) electrons. The number of carbonyl (C=O) groups excluding carboxylic acids is 3. The van der Waals surface area contributed by atoms with E-state index in [0.717, 1.165) is 17.7 Å². The molecule has 0 saturated carbocycles. The van der Waals surface area contributed by atoms with Gasteiger partial charge in [0.15, 0.2) is 0 Å². The van der Waals surface area contributed by atoms with Crippen LogP contribution in [0.4, 0.5) is 11.4 Å². The van der Waals surface area contributed by atoms with Crippen LogP contribution in [0.2, 0.25) is 0 Å². The second-order valence-electron chi connectivity index (χ2n) is 6.40. The second kappa shape index (κ2) is 9.14. The molecule has 1 aliphatic heterocycles. The first kappa shape index (κ1) is 19.6. The number of nitrogens with zero attached hydrogens (tertiary/aromatic N) is 1. The average Bonchev–Trinajstić information content (AvgIpc) is 2.74. The summed E-state index contributed by atoms with van der Waals surface area (Å²) in [5.41, 5.74) is 2.75. The molecule has 0 spiro atoms. The Balaban J connectivity index is 1.60. The van der Waals surface area contributed by atoms with Crippen LogP contribution in [0.1, 0.15) is 22.8 Å². The van der Waals surface area contributed by atoms with Crippen LogP contribution in [0, 0.1) is 0 Å². The van der Waals surface area contributed by atoms with E-state index in [-0.39, 0.29) is 5.91 Å². The van der Waals surface area contributed by atoms with Gasteiger partial charge in [-0.25, -0.2) is 0 Å². The summed E-state index contributed by atoms with van der Waals surface area (Å²) in [5, 5.41) is 5.47. The highest BCUT2D eigenvalue weighted by Gasteiger charge is 2.23. The van der Waals surface area contributed by atoms with E-state index in [1.54, 1.807) is 24.3 Å². The molecule has 2 N–H and O–H groups in total. The normalized spacial score (nSPS) is 13.7. The number of nitrogens with one attached hydrogen (secondary N) is 2. The number of hydrogen-bond acceptors (Lipinski definition) is 4. The lowest BCUT2D eigenvalue weighted by atomic mass is 10.1. The molecule has 0 atom stereocenters. The minimum absolute atomic E-state index is 0.233. The molecule has 0 aliphatic carbocycles. The van der Waals surface area contributed by atoms with E-state index in [9.17, 15) is 14.4 Å². The van der Waals surface area contributed by atoms with Crippen molar-refractivity contribution in [1.29, 1.82) is 0 Å². The average molecular weight is 381 g/mol. The zero-order valence-corrected chi connectivity index (χ0v) is 15.7. The molecule has 0 unspecified atom stereocenters. The highest BCUT2D eigenvalue weighted by molar-refractivity contribution is 6.39. The number of carbonyl (C=O) groups is 3. The monoisotopic (exact) mass is 381 g/mol. The highest BCUT2D eigenvalue weighted by Crippen LogP contribution is 2.17. The number of para-hydroxylation sites is 1. The summed E-state index contributed by atoms with van der Waals surface area (Å²) in [4.78, 5) is 38.2. The quantitative estimate of drug-likeness (QED) is 0.796. The predicted molar refractivity (Wildman–Crippen MR) is 106 cm³/mol. The largest absolute Gasteiger partial charge is 0.378 e. The van der Waals surface area contributed by atoms with E-state index >= 15 is 0 Å². The van der Waals surface area contributed by atoms with Gasteiger partial charge in [0.1, 0.15) is 0 Å². The minimum atomic E-state index is -0.698. The Morgan fingerprint density at radius 1 is 0.964 bits per heavy atom. The SMILES string of the molecule is CCc1ccccc1NC(=O)c1ccc(NC(=O)C(=O)N2CCOCC2)cc1. The molecule has 2 aromatic carbocycles. The van der Waals surface area contributed by atoms with Crippen LogP contribution in [-0.4, -0.2) is 48.9 Å². The number of hydrogen-bond donors (Lipinski definition) is 2. The van der Waals surface area contributed by atoms with E-state index < -0.39 is 11.8 Å². The minimum Gasteiger partial charge on any atom is -0.378 e. The number of rotatable bonds is 4. The number of anilines is 2. The van der Waals surface area contributed by atoms with Crippen LogP contribution in [0.15, 0.2) is 48.5 Å². The van der Waals surface area contributed by atoms with E-state index in [1.807, 2.05) is 31.2 Å². The van der Waals surface area contributed by atoms with Crippen molar-refractivity contribution in [3.63, 3.8) is 0 Å². The van der Waals surface area contributed by atoms with Gasteiger partial charge in [-0.2, -0.15) is 0 Å². The van der Waals surface area contributed by atoms with Crippen LogP contribution in [0.25, 0.3) is 0 Å². The van der Waals surface area contributed by atoms with Crippen LogP contribution in [-0.2, 0) is 20.7 Å². The van der Waals surface area contributed by atoms with Gasteiger partial charge in [-0.1, -0.05) is 25.1 Å². The van der Waals surface area contributed by atoms with Gasteiger partial charge in [-0.05, 0) is 42.3 Å². The van der Waals surface area contributed by atoms with Gasteiger partial charge in [-0.15, -0.1) is 0 Å². The van der Waals surface area contributed by atoms with Crippen molar-refractivity contribution in [2.45, 2.75) is 13.3 Å². The first-order valence-electron chi connectivity index (χ1n) is 9.26. The van der Waals surface area contributed by atoms with Crippen molar-refractivity contribution in [1.82, 2.24) is 4.90 Å². The van der Waals surface area contributed by atoms with Crippen molar-refractivity contribution >= 4 is 29.1 Å². The molecule has 1 heterocycles. The molecule has 1 fully saturated rings. The third-order valence-corrected chi connectivity index (χ3v) is 4.54. The fraction of sp³-hybridized carbons (Fsp3) is 0.286. The molecule has 1 saturated heterocycles. The topological polar surface area (TPSA) is 87.7 Å². The van der Waals surface area contributed by atoms with Gasteiger partial charge in [0.2, 0.25) is 0 Å². The smallest absolute Gasteiger partial charge is 0.313 e. The van der Waals surface area contributed by atoms with Gasteiger partial charge in [0.25, 0.3) is 5.91 Å². The summed E-state index contributed by atoms with van der Waals surface area (Å²) < 4.78 is 5.18. The Morgan fingerprint density at radius 3 is 2.32 bits per heavy atom. The summed E-state index contributed by atoms with van der Waals surface area (Å²) in [6.07, 6.45) is 0.818. The molecule has 1 aliphatic rings. The molecule has 7 heteroatoms. The summed E-state index contributed by atoms with van der Waals surface area (Å²) in [6.45, 7) is 3.71. The Hall–Kier alpha value is -3.19. The first-order valence-corrected chi connectivity index (χ1v) is 9.26. The maximum Gasteiger partial charge on any atom is 0.313 e. The number of amides is 3. The molecule has 7 nitrogen and oxygen atoms in total. The molecule has 3 amide bonds. The van der Waals surface area contributed by atoms with E-state index in [1.165, 1.54) is 4.90 Å². The Labute approximate surface area is 163 Å². The van der Waals surface area contributed by atoms with Gasteiger partial charge >= 0.3 is 11.8 Å². The van der Waals surface area contributed by atoms with Gasteiger partial charge in [0.05, 0.1) is 13.2 Å². The second-order valence-corrected chi connectivity index (χ2v) is 6.40. The molecule has 2 aromatic rings. The molecule has 0 aromatic heterocycles. The zero-order valence-electron chi connectivity index (χ0n) is 15.7. The summed E-state index contributed by atoms with van der Waals surface area (Å²) in [6, 6.07) is 14.1. The lowest BCUT2D eigenvalue weighted by Gasteiger charge is -2.26. The third-order valence-electron chi connectivity index (χ3n) is 4.54. The van der Waals surface area contributed by atoms with Gasteiger partial charge in [0, 0.05) is 30.0 Å². The first-order chi connectivity index (χ1) is 13.6. The Bertz CT molecular complexity index is 858. The summed E-state index contributed by atoms with van der Waals surface area (Å²) in [7, 11) is 0. The molecular weight excluding hydrogens is 358 g/mol. The third kappa shape index (κ3) is 4.75. The van der Waals surface area contributed by atoms with Crippen LogP contribution < -0.4 is 10.6 Å². The van der Waals surface area contributed by atoms with Crippen LogP contribution in [0.3, 0.4) is 0 Å². The maximum atomic E-state index is 12.5. The Morgan fingerprint density at radius 2 is 1.64 bits per heavy atom. The zero-order chi connectivity index (χ0) is 19.9. The highest BCUT2D eigenvalue weighted by atomic mass is 16.5. The molecule has 28 heavy (non-hydrogen) atoms. The van der Waals surface area contributed by atoms with E-state index in [0.29, 0.717) is 37.6 Å². The van der Waals surface area contributed by atoms with Crippen molar-refractivity contribution in [2.24, 2.45) is 0 Å². The van der Waals surface area contributed by atoms with Gasteiger partial charge < -0.3 is 20.3 Å². The van der Waals surface area contributed by atoms with E-state index in [2.05, 4.69) is 10.6 Å². The number of aryl methyl sites for hydroxylation is 1. The van der Waals surface area contributed by atoms with Crippen molar-refractivity contribution in [3.8, 4) is 0 Å². The predicted octanol–water partition coefficient (Wildman–Crippen LogP) is 2.30. The standard InChI is InChI=1S/C21H23N3O4/c1-2-15-5-3-4-6-18(15)23-19(25)16-7-9-17(10-8-16)22-20(26)21(27)24-11-13-28-14-12-24/h3-10H,2,11-14H2,1H3,(H,22,26)(H,23,25). The van der Waals surface area contributed by atoms with Crippen molar-refractivity contribution < 1.29 is 19.1 Å².